The van der Waals surface area contributed by atoms with Crippen molar-refractivity contribution in [3.8, 4) is 5.75 Å². The van der Waals surface area contributed by atoms with Crippen LogP contribution in [0.15, 0.2) is 53.3 Å². The molecule has 0 aliphatic carbocycles. The third-order valence-electron chi connectivity index (χ3n) is 5.22. The highest BCUT2D eigenvalue weighted by Gasteiger charge is 2.09. The number of hydrogen-bond acceptors (Lipinski definition) is 7. The molecular weight excluding hydrogens is 378 g/mol. The van der Waals surface area contributed by atoms with Crippen LogP contribution in [0, 0.1) is 6.92 Å². The Kier molecular flexibility index (Phi) is 6.82. The van der Waals surface area contributed by atoms with Crippen LogP contribution in [0.4, 0.5) is 17.5 Å². The van der Waals surface area contributed by atoms with Crippen molar-refractivity contribution in [1.82, 2.24) is 14.9 Å². The van der Waals surface area contributed by atoms with E-state index in [1.807, 2.05) is 43.3 Å². The number of piperidine rings is 1. The van der Waals surface area contributed by atoms with Gasteiger partial charge in [0.05, 0.1) is 12.8 Å². The molecule has 2 N–H and O–H groups in total. The van der Waals surface area contributed by atoms with Crippen molar-refractivity contribution < 1.29 is 9.15 Å². The number of aryl methyl sites for hydroxylation is 1. The van der Waals surface area contributed by atoms with Crippen molar-refractivity contribution in [1.29, 1.82) is 0 Å². The average molecular weight is 408 g/mol. The summed E-state index contributed by atoms with van der Waals surface area (Å²) in [4.78, 5) is 11.4. The van der Waals surface area contributed by atoms with E-state index in [-0.39, 0.29) is 0 Å². The zero-order chi connectivity index (χ0) is 20.6. The number of likely N-dealkylation sites (tertiary alicyclic amines) is 1. The molecule has 1 saturated heterocycles. The second-order valence-corrected chi connectivity index (χ2v) is 7.56. The van der Waals surface area contributed by atoms with E-state index in [9.17, 15) is 0 Å². The van der Waals surface area contributed by atoms with Crippen molar-refractivity contribution >= 4 is 17.5 Å². The van der Waals surface area contributed by atoms with Gasteiger partial charge in [0.15, 0.2) is 0 Å². The number of hydrogen-bond donors (Lipinski definition) is 2. The highest BCUT2D eigenvalue weighted by Crippen LogP contribution is 2.20. The van der Waals surface area contributed by atoms with Crippen molar-refractivity contribution in [3.63, 3.8) is 0 Å². The summed E-state index contributed by atoms with van der Waals surface area (Å²) in [6, 6.07) is 11.7. The van der Waals surface area contributed by atoms with Gasteiger partial charge in [-0.2, -0.15) is 4.98 Å². The largest absolute Gasteiger partial charge is 0.492 e. The fourth-order valence-corrected chi connectivity index (χ4v) is 3.50. The van der Waals surface area contributed by atoms with Crippen LogP contribution in [0.3, 0.4) is 0 Å². The molecule has 1 aliphatic heterocycles. The maximum atomic E-state index is 5.90. The maximum absolute atomic E-state index is 5.90. The molecule has 2 aromatic heterocycles. The molecule has 1 fully saturated rings. The van der Waals surface area contributed by atoms with Crippen molar-refractivity contribution in [3.05, 3.63) is 60.2 Å². The molecule has 7 heteroatoms. The van der Waals surface area contributed by atoms with Crippen molar-refractivity contribution in [2.24, 2.45) is 0 Å². The summed E-state index contributed by atoms with van der Waals surface area (Å²) in [6.45, 7) is 6.66. The topological polar surface area (TPSA) is 75.5 Å². The van der Waals surface area contributed by atoms with Crippen LogP contribution in [0.2, 0.25) is 0 Å². The predicted octanol–water partition coefficient (Wildman–Crippen LogP) is 4.60. The number of benzene rings is 1. The maximum Gasteiger partial charge on any atom is 0.229 e. The van der Waals surface area contributed by atoms with Gasteiger partial charge in [-0.15, -0.1) is 0 Å². The molecule has 0 saturated carbocycles. The van der Waals surface area contributed by atoms with Gasteiger partial charge in [0, 0.05) is 24.0 Å². The smallest absolute Gasteiger partial charge is 0.229 e. The summed E-state index contributed by atoms with van der Waals surface area (Å²) in [6.07, 6.45) is 7.44. The van der Waals surface area contributed by atoms with E-state index < -0.39 is 0 Å². The van der Waals surface area contributed by atoms with Crippen LogP contribution < -0.4 is 15.4 Å². The number of anilines is 3. The predicted molar refractivity (Wildman–Crippen MR) is 118 cm³/mol. The minimum absolute atomic E-state index is 0.543. The molecule has 0 radical (unpaired) electrons. The minimum Gasteiger partial charge on any atom is -0.492 e. The minimum atomic E-state index is 0.543. The van der Waals surface area contributed by atoms with E-state index in [2.05, 4.69) is 25.5 Å². The molecule has 1 aliphatic rings. The summed E-state index contributed by atoms with van der Waals surface area (Å²) >= 11 is 0. The van der Waals surface area contributed by atoms with Gasteiger partial charge in [0.1, 0.15) is 23.9 Å². The number of nitrogens with zero attached hydrogens (tertiary/aromatic N) is 3. The number of nitrogens with one attached hydrogen (secondary N) is 2. The summed E-state index contributed by atoms with van der Waals surface area (Å²) in [5, 5.41) is 6.54. The normalized spacial score (nSPS) is 14.4. The molecule has 3 aromatic rings. The fraction of sp³-hybridized carbons (Fsp3) is 0.391. The number of aromatic nitrogens is 2. The lowest BCUT2D eigenvalue weighted by molar-refractivity contribution is 0.183. The molecular formula is C23H29N5O2. The number of rotatable bonds is 9. The van der Waals surface area contributed by atoms with Crippen molar-refractivity contribution in [2.75, 3.05) is 36.9 Å². The van der Waals surface area contributed by atoms with E-state index in [1.165, 1.54) is 32.4 Å². The lowest BCUT2D eigenvalue weighted by Gasteiger charge is -2.26. The zero-order valence-electron chi connectivity index (χ0n) is 17.4. The lowest BCUT2D eigenvalue weighted by atomic mass is 10.1. The van der Waals surface area contributed by atoms with Crippen LogP contribution in [0.5, 0.6) is 5.75 Å². The first-order valence-corrected chi connectivity index (χ1v) is 10.6. The molecule has 0 atom stereocenters. The van der Waals surface area contributed by atoms with Crippen LogP contribution >= 0.6 is 0 Å². The Morgan fingerprint density at radius 3 is 2.70 bits per heavy atom. The van der Waals surface area contributed by atoms with E-state index in [0.29, 0.717) is 12.5 Å². The van der Waals surface area contributed by atoms with Gasteiger partial charge >= 0.3 is 0 Å². The molecule has 0 unspecified atom stereocenters. The van der Waals surface area contributed by atoms with Crippen LogP contribution in [0.25, 0.3) is 0 Å². The molecule has 158 valence electrons. The number of furan rings is 1. The van der Waals surface area contributed by atoms with Gasteiger partial charge in [-0.05, 0) is 69.3 Å². The second kappa shape index (κ2) is 10.1. The monoisotopic (exact) mass is 407 g/mol. The van der Waals surface area contributed by atoms with Crippen LogP contribution in [-0.4, -0.2) is 41.1 Å². The molecule has 0 spiro atoms. The van der Waals surface area contributed by atoms with Gasteiger partial charge in [-0.1, -0.05) is 6.42 Å². The summed E-state index contributed by atoms with van der Waals surface area (Å²) in [7, 11) is 0. The average Bonchev–Trinajstić information content (AvgIpc) is 3.30. The Morgan fingerprint density at radius 1 is 1.10 bits per heavy atom. The third-order valence-corrected chi connectivity index (χ3v) is 5.22. The van der Waals surface area contributed by atoms with E-state index in [4.69, 9.17) is 9.15 Å². The fourth-order valence-electron chi connectivity index (χ4n) is 3.50. The van der Waals surface area contributed by atoms with Gasteiger partial charge in [-0.3, -0.25) is 4.90 Å². The van der Waals surface area contributed by atoms with Gasteiger partial charge in [0.25, 0.3) is 0 Å². The molecule has 0 bridgehead atoms. The first kappa shape index (κ1) is 20.2. The van der Waals surface area contributed by atoms with E-state index in [0.717, 1.165) is 41.7 Å². The Balaban J connectivity index is 1.28. The Bertz CT molecular complexity index is 906. The summed E-state index contributed by atoms with van der Waals surface area (Å²) in [5.41, 5.74) is 1.89. The third kappa shape index (κ3) is 5.73. The first-order chi connectivity index (χ1) is 14.8. The molecule has 1 aromatic carbocycles. The van der Waals surface area contributed by atoms with E-state index in [1.54, 1.807) is 12.5 Å². The van der Waals surface area contributed by atoms with Crippen molar-refractivity contribution in [2.45, 2.75) is 32.7 Å². The molecule has 7 nitrogen and oxygen atoms in total. The van der Waals surface area contributed by atoms with Gasteiger partial charge < -0.3 is 19.8 Å². The SMILES string of the molecule is Cc1cnc(Nc2ccc(OCCN3CCCCC3)cc2)nc1NCc1ccco1. The quantitative estimate of drug-likeness (QED) is 0.537. The molecule has 4 rings (SSSR count). The highest BCUT2D eigenvalue weighted by atomic mass is 16.5. The second-order valence-electron chi connectivity index (χ2n) is 7.56. The van der Waals surface area contributed by atoms with Gasteiger partial charge in [-0.25, -0.2) is 4.98 Å². The molecule has 0 amide bonds. The Labute approximate surface area is 177 Å². The van der Waals surface area contributed by atoms with Crippen LogP contribution in [0.1, 0.15) is 30.6 Å². The van der Waals surface area contributed by atoms with Gasteiger partial charge in [0.2, 0.25) is 5.95 Å². The number of ether oxygens (including phenoxy) is 1. The Hall–Kier alpha value is -3.06. The Morgan fingerprint density at radius 2 is 1.93 bits per heavy atom. The molecule has 3 heterocycles. The standard InChI is InChI=1S/C23H29N5O2/c1-18-16-25-23(27-22(18)24-17-21-6-5-14-29-21)26-19-7-9-20(10-8-19)30-15-13-28-11-3-2-4-12-28/h5-10,14,16H,2-4,11-13,15,17H2,1H3,(H2,24,25,26,27). The highest BCUT2D eigenvalue weighted by molar-refractivity contribution is 5.57. The molecule has 30 heavy (non-hydrogen) atoms. The summed E-state index contributed by atoms with van der Waals surface area (Å²) in [5.74, 6) is 3.06. The van der Waals surface area contributed by atoms with E-state index >= 15 is 0 Å². The zero-order valence-corrected chi connectivity index (χ0v) is 17.4. The van der Waals surface area contributed by atoms with Crippen LogP contribution in [-0.2, 0) is 6.54 Å². The summed E-state index contributed by atoms with van der Waals surface area (Å²) < 4.78 is 11.3. The lowest BCUT2D eigenvalue weighted by Crippen LogP contribution is -2.33. The first-order valence-electron chi connectivity index (χ1n) is 10.6.